The van der Waals surface area contributed by atoms with Crippen LogP contribution in [0.2, 0.25) is 4.34 Å². The zero-order chi connectivity index (χ0) is 12.3. The second-order valence-corrected chi connectivity index (χ2v) is 5.35. The topological polar surface area (TPSA) is 66.4 Å². The van der Waals surface area contributed by atoms with Gasteiger partial charge in [0, 0.05) is 0 Å². The second-order valence-electron chi connectivity index (χ2n) is 3.64. The predicted octanol–water partition coefficient (Wildman–Crippen LogP) is 2.24. The molecule has 1 atom stereocenters. The van der Waals surface area contributed by atoms with Gasteiger partial charge in [-0.1, -0.05) is 25.4 Å². The highest BCUT2D eigenvalue weighted by Gasteiger charge is 2.24. The number of carbonyl (C=O) groups excluding carboxylic acids is 1. The molecule has 0 saturated heterocycles. The van der Waals surface area contributed by atoms with Crippen LogP contribution in [0.5, 0.6) is 0 Å². The van der Waals surface area contributed by atoms with E-state index in [2.05, 4.69) is 5.32 Å². The van der Waals surface area contributed by atoms with Gasteiger partial charge in [0.15, 0.2) is 0 Å². The first-order valence-corrected chi connectivity index (χ1v) is 5.90. The summed E-state index contributed by atoms with van der Waals surface area (Å²) in [7, 11) is 0. The molecule has 1 heterocycles. The number of halogens is 1. The van der Waals surface area contributed by atoms with Gasteiger partial charge in [0.2, 0.25) is 0 Å². The van der Waals surface area contributed by atoms with Crippen molar-refractivity contribution < 1.29 is 14.7 Å². The first-order chi connectivity index (χ1) is 7.41. The van der Waals surface area contributed by atoms with Gasteiger partial charge >= 0.3 is 5.97 Å². The number of rotatable bonds is 4. The molecule has 0 spiro atoms. The molecular weight excluding hydrogens is 250 g/mol. The lowest BCUT2D eigenvalue weighted by Crippen LogP contribution is -2.44. The Bertz CT molecular complexity index is 403. The molecule has 0 fully saturated rings. The Labute approximate surface area is 102 Å². The number of carboxylic acid groups (broad SMARTS) is 1. The summed E-state index contributed by atoms with van der Waals surface area (Å²) in [5, 5.41) is 11.4. The van der Waals surface area contributed by atoms with Crippen LogP contribution in [0.3, 0.4) is 0 Å². The van der Waals surface area contributed by atoms with Crippen molar-refractivity contribution in [1.29, 1.82) is 0 Å². The first kappa shape index (κ1) is 13.0. The SMILES string of the molecule is CC(C)C(NC(=O)c1ccc(Cl)s1)C(=O)O. The average Bonchev–Trinajstić information content (AvgIpc) is 2.59. The van der Waals surface area contributed by atoms with Crippen LogP contribution >= 0.6 is 22.9 Å². The average molecular weight is 262 g/mol. The minimum Gasteiger partial charge on any atom is -0.480 e. The van der Waals surface area contributed by atoms with E-state index >= 15 is 0 Å². The minimum atomic E-state index is -1.04. The number of thiophene rings is 1. The van der Waals surface area contributed by atoms with Crippen molar-refractivity contribution in [3.63, 3.8) is 0 Å². The third-order valence-corrected chi connectivity index (χ3v) is 3.25. The molecule has 16 heavy (non-hydrogen) atoms. The van der Waals surface area contributed by atoms with Gasteiger partial charge in [-0.15, -0.1) is 11.3 Å². The van der Waals surface area contributed by atoms with Crippen molar-refractivity contribution in [3.8, 4) is 0 Å². The lowest BCUT2D eigenvalue weighted by atomic mass is 10.0. The summed E-state index contributed by atoms with van der Waals surface area (Å²) in [5.41, 5.74) is 0. The molecule has 0 aromatic carbocycles. The largest absolute Gasteiger partial charge is 0.480 e. The number of nitrogens with one attached hydrogen (secondary N) is 1. The lowest BCUT2D eigenvalue weighted by Gasteiger charge is -2.17. The lowest BCUT2D eigenvalue weighted by molar-refractivity contribution is -0.140. The van der Waals surface area contributed by atoms with Crippen LogP contribution in [0.4, 0.5) is 0 Å². The minimum absolute atomic E-state index is 0.170. The smallest absolute Gasteiger partial charge is 0.326 e. The van der Waals surface area contributed by atoms with Gasteiger partial charge < -0.3 is 10.4 Å². The summed E-state index contributed by atoms with van der Waals surface area (Å²) in [4.78, 5) is 22.9. The molecule has 1 aromatic rings. The maximum absolute atomic E-state index is 11.7. The summed E-state index contributed by atoms with van der Waals surface area (Å²) in [5.74, 6) is -1.61. The zero-order valence-corrected chi connectivity index (χ0v) is 10.4. The molecule has 0 aliphatic carbocycles. The third kappa shape index (κ3) is 3.21. The van der Waals surface area contributed by atoms with Gasteiger partial charge in [-0.3, -0.25) is 4.79 Å². The monoisotopic (exact) mass is 261 g/mol. The number of aliphatic carboxylic acids is 1. The molecule has 0 bridgehead atoms. The van der Waals surface area contributed by atoms with Gasteiger partial charge in [-0.05, 0) is 18.1 Å². The first-order valence-electron chi connectivity index (χ1n) is 4.71. The molecule has 88 valence electrons. The van der Waals surface area contributed by atoms with Crippen LogP contribution in [-0.2, 0) is 4.79 Å². The molecule has 1 amide bonds. The summed E-state index contributed by atoms with van der Waals surface area (Å²) < 4.78 is 0.501. The molecule has 0 saturated carbocycles. The second kappa shape index (κ2) is 5.32. The molecule has 2 N–H and O–H groups in total. The number of hydrogen-bond acceptors (Lipinski definition) is 3. The van der Waals surface area contributed by atoms with E-state index in [0.29, 0.717) is 9.21 Å². The van der Waals surface area contributed by atoms with Gasteiger partial charge in [0.25, 0.3) is 5.91 Å². The summed E-state index contributed by atoms with van der Waals surface area (Å²) in [6.45, 7) is 3.47. The van der Waals surface area contributed by atoms with Crippen molar-refractivity contribution in [1.82, 2.24) is 5.32 Å². The van der Waals surface area contributed by atoms with E-state index in [0.717, 1.165) is 11.3 Å². The fourth-order valence-electron chi connectivity index (χ4n) is 1.16. The Balaban J connectivity index is 2.73. The number of carboxylic acids is 1. The highest BCUT2D eigenvalue weighted by molar-refractivity contribution is 7.18. The molecule has 4 nitrogen and oxygen atoms in total. The Morgan fingerprint density at radius 2 is 2.06 bits per heavy atom. The Kier molecular flexibility index (Phi) is 4.32. The van der Waals surface area contributed by atoms with Crippen LogP contribution in [0.15, 0.2) is 12.1 Å². The number of hydrogen-bond donors (Lipinski definition) is 2. The molecular formula is C10H12ClNO3S. The Hall–Kier alpha value is -1.07. The number of amides is 1. The van der Waals surface area contributed by atoms with Crippen molar-refractivity contribution in [3.05, 3.63) is 21.3 Å². The van der Waals surface area contributed by atoms with E-state index in [1.54, 1.807) is 26.0 Å². The molecule has 6 heteroatoms. The molecule has 1 unspecified atom stereocenters. The van der Waals surface area contributed by atoms with Gasteiger partial charge in [-0.25, -0.2) is 4.79 Å². The fourth-order valence-corrected chi connectivity index (χ4v) is 2.11. The number of carbonyl (C=O) groups is 2. The van der Waals surface area contributed by atoms with Crippen LogP contribution in [0.1, 0.15) is 23.5 Å². The fraction of sp³-hybridized carbons (Fsp3) is 0.400. The highest BCUT2D eigenvalue weighted by Crippen LogP contribution is 2.21. The Morgan fingerprint density at radius 3 is 2.44 bits per heavy atom. The van der Waals surface area contributed by atoms with E-state index < -0.39 is 17.9 Å². The molecule has 1 aromatic heterocycles. The van der Waals surface area contributed by atoms with E-state index in [1.807, 2.05) is 0 Å². The summed E-state index contributed by atoms with van der Waals surface area (Å²) in [6, 6.07) is 2.29. The van der Waals surface area contributed by atoms with E-state index in [9.17, 15) is 9.59 Å². The normalized spacial score (nSPS) is 12.5. The summed E-state index contributed by atoms with van der Waals surface area (Å²) >= 11 is 6.81. The molecule has 0 radical (unpaired) electrons. The molecule has 0 aliphatic rings. The van der Waals surface area contributed by atoms with Gasteiger partial charge in [0.1, 0.15) is 6.04 Å². The third-order valence-electron chi connectivity index (χ3n) is 2.02. The maximum Gasteiger partial charge on any atom is 0.326 e. The van der Waals surface area contributed by atoms with Crippen molar-refractivity contribution in [2.45, 2.75) is 19.9 Å². The predicted molar refractivity (Wildman–Crippen MR) is 63.1 cm³/mol. The quantitative estimate of drug-likeness (QED) is 0.874. The van der Waals surface area contributed by atoms with E-state index in [-0.39, 0.29) is 5.92 Å². The molecule has 1 rings (SSSR count). The standard InChI is InChI=1S/C10H12ClNO3S/c1-5(2)8(10(14)15)12-9(13)6-3-4-7(11)16-6/h3-5,8H,1-2H3,(H,12,13)(H,14,15). The van der Waals surface area contributed by atoms with Crippen LogP contribution in [0, 0.1) is 5.92 Å². The van der Waals surface area contributed by atoms with Crippen LogP contribution in [-0.4, -0.2) is 23.0 Å². The molecule has 0 aliphatic heterocycles. The van der Waals surface area contributed by atoms with Crippen molar-refractivity contribution in [2.24, 2.45) is 5.92 Å². The zero-order valence-electron chi connectivity index (χ0n) is 8.86. The summed E-state index contributed by atoms with van der Waals surface area (Å²) in [6.07, 6.45) is 0. The van der Waals surface area contributed by atoms with Crippen LogP contribution < -0.4 is 5.32 Å². The van der Waals surface area contributed by atoms with Gasteiger partial charge in [-0.2, -0.15) is 0 Å². The van der Waals surface area contributed by atoms with E-state index in [4.69, 9.17) is 16.7 Å². The van der Waals surface area contributed by atoms with Gasteiger partial charge in [0.05, 0.1) is 9.21 Å². The highest BCUT2D eigenvalue weighted by atomic mass is 35.5. The van der Waals surface area contributed by atoms with Crippen molar-refractivity contribution >= 4 is 34.8 Å². The Morgan fingerprint density at radius 1 is 1.44 bits per heavy atom. The van der Waals surface area contributed by atoms with E-state index in [1.165, 1.54) is 0 Å². The maximum atomic E-state index is 11.7. The van der Waals surface area contributed by atoms with Crippen molar-refractivity contribution in [2.75, 3.05) is 0 Å². The van der Waals surface area contributed by atoms with Crippen LogP contribution in [0.25, 0.3) is 0 Å².